The largest absolute Gasteiger partial charge is 0.453 e. The number of methoxy groups -OCH3 is 1. The van der Waals surface area contributed by atoms with Gasteiger partial charge in [-0.3, -0.25) is 10.1 Å². The average Bonchev–Trinajstić information content (AvgIpc) is 3.11. The SMILES string of the molecule is COC(=O)Nc1ccc2c(c1)NC(=O)CC(O)CCC[C@H](N)c1nc-2c[nH]1. The molecule has 2 heterocycles. The number of nitrogens with one attached hydrogen (secondary N) is 3. The Morgan fingerprint density at radius 1 is 1.41 bits per heavy atom. The van der Waals surface area contributed by atoms with E-state index in [-0.39, 0.29) is 18.4 Å². The molecule has 1 aliphatic rings. The number of nitrogens with zero attached hydrogens (tertiary/aromatic N) is 1. The summed E-state index contributed by atoms with van der Waals surface area (Å²) in [6, 6.07) is 4.76. The van der Waals surface area contributed by atoms with Crippen molar-refractivity contribution in [2.24, 2.45) is 5.73 Å². The number of nitrogens with two attached hydrogens (primary N) is 1. The number of aliphatic hydroxyl groups excluding tert-OH is 1. The Labute approximate surface area is 156 Å². The number of anilines is 2. The van der Waals surface area contributed by atoms with Gasteiger partial charge < -0.3 is 25.9 Å². The number of carbonyl (C=O) groups excluding carboxylic acids is 2. The van der Waals surface area contributed by atoms with Gasteiger partial charge in [-0.15, -0.1) is 0 Å². The van der Waals surface area contributed by atoms with Crippen LogP contribution >= 0.6 is 0 Å². The predicted molar refractivity (Wildman–Crippen MR) is 100 cm³/mol. The molecule has 9 heteroatoms. The molecule has 144 valence electrons. The van der Waals surface area contributed by atoms with Gasteiger partial charge in [0.25, 0.3) is 0 Å². The maximum absolute atomic E-state index is 12.3. The summed E-state index contributed by atoms with van der Waals surface area (Å²) in [6.45, 7) is 0. The molecular formula is C18H23N5O4. The number of carbonyl (C=O) groups is 2. The van der Waals surface area contributed by atoms with E-state index < -0.39 is 12.2 Å². The van der Waals surface area contributed by atoms with E-state index in [1.807, 2.05) is 0 Å². The number of hydrogen-bond acceptors (Lipinski definition) is 6. The maximum atomic E-state index is 12.3. The summed E-state index contributed by atoms with van der Waals surface area (Å²) in [4.78, 5) is 31.4. The first-order chi connectivity index (χ1) is 13.0. The summed E-state index contributed by atoms with van der Waals surface area (Å²) in [5.74, 6) is 0.325. The van der Waals surface area contributed by atoms with E-state index in [9.17, 15) is 14.7 Å². The fourth-order valence-electron chi connectivity index (χ4n) is 3.01. The number of aliphatic hydroxyl groups is 1. The molecule has 1 aliphatic heterocycles. The van der Waals surface area contributed by atoms with Crippen LogP contribution in [0.2, 0.25) is 0 Å². The van der Waals surface area contributed by atoms with E-state index >= 15 is 0 Å². The third kappa shape index (κ3) is 4.63. The molecule has 0 saturated heterocycles. The minimum atomic E-state index is -0.746. The van der Waals surface area contributed by atoms with Crippen LogP contribution in [0.15, 0.2) is 24.4 Å². The molecule has 0 radical (unpaired) electrons. The zero-order chi connectivity index (χ0) is 19.4. The summed E-state index contributed by atoms with van der Waals surface area (Å²) in [5, 5.41) is 15.4. The lowest BCUT2D eigenvalue weighted by atomic mass is 10.0. The van der Waals surface area contributed by atoms with E-state index in [4.69, 9.17) is 5.73 Å². The van der Waals surface area contributed by atoms with Crippen LogP contribution in [0, 0.1) is 0 Å². The van der Waals surface area contributed by atoms with Crippen LogP contribution in [0.5, 0.6) is 0 Å². The highest BCUT2D eigenvalue weighted by atomic mass is 16.5. The second kappa shape index (κ2) is 8.19. The molecule has 2 bridgehead atoms. The molecule has 1 unspecified atom stereocenters. The van der Waals surface area contributed by atoms with Crippen LogP contribution in [0.3, 0.4) is 0 Å². The van der Waals surface area contributed by atoms with Gasteiger partial charge in [-0.2, -0.15) is 0 Å². The van der Waals surface area contributed by atoms with Gasteiger partial charge >= 0.3 is 6.09 Å². The number of aromatic amines is 1. The molecule has 0 aliphatic carbocycles. The highest BCUT2D eigenvalue weighted by Gasteiger charge is 2.19. The molecule has 9 nitrogen and oxygen atoms in total. The Morgan fingerprint density at radius 2 is 2.22 bits per heavy atom. The second-order valence-corrected chi connectivity index (χ2v) is 6.49. The molecule has 2 amide bonds. The fraction of sp³-hybridized carbons (Fsp3) is 0.389. The summed E-state index contributed by atoms with van der Waals surface area (Å²) in [5.41, 5.74) is 8.39. The van der Waals surface area contributed by atoms with Gasteiger partial charge in [0, 0.05) is 17.4 Å². The molecule has 0 saturated carbocycles. The third-order valence-electron chi connectivity index (χ3n) is 4.42. The zero-order valence-corrected chi connectivity index (χ0v) is 15.0. The van der Waals surface area contributed by atoms with Crippen LogP contribution < -0.4 is 16.4 Å². The van der Waals surface area contributed by atoms with Crippen molar-refractivity contribution in [2.75, 3.05) is 17.7 Å². The quantitative estimate of drug-likeness (QED) is 0.518. The average molecular weight is 373 g/mol. The van der Waals surface area contributed by atoms with E-state index in [0.717, 1.165) is 0 Å². The van der Waals surface area contributed by atoms with Crippen molar-refractivity contribution in [3.8, 4) is 11.3 Å². The standard InChI is InChI=1S/C18H23N5O4/c1-27-18(26)21-10-5-6-12-14(7-10)22-16(25)8-11(24)3-2-4-13(19)17-20-9-15(12)23-17/h5-7,9,11,13,24H,2-4,8,19H2,1H3,(H,20,23)(H,21,26)(H,22,25)/t11?,13-/m0/s1. The van der Waals surface area contributed by atoms with Gasteiger partial charge in [0.2, 0.25) is 5.91 Å². The maximum Gasteiger partial charge on any atom is 0.411 e. The van der Waals surface area contributed by atoms with Crippen LogP contribution in [-0.2, 0) is 9.53 Å². The summed E-state index contributed by atoms with van der Waals surface area (Å²) in [6.07, 6.45) is 2.17. The van der Waals surface area contributed by atoms with Crippen LogP contribution in [0.4, 0.5) is 16.2 Å². The number of H-pyrrole nitrogens is 1. The first kappa shape index (κ1) is 18.9. The molecule has 6 N–H and O–H groups in total. The minimum Gasteiger partial charge on any atom is -0.453 e. The molecule has 27 heavy (non-hydrogen) atoms. The Morgan fingerprint density at radius 3 is 3.00 bits per heavy atom. The molecule has 2 atom stereocenters. The summed E-state index contributed by atoms with van der Waals surface area (Å²) < 4.78 is 4.59. The van der Waals surface area contributed by atoms with E-state index in [1.54, 1.807) is 24.4 Å². The smallest absolute Gasteiger partial charge is 0.411 e. The van der Waals surface area contributed by atoms with Crippen molar-refractivity contribution in [2.45, 2.75) is 37.8 Å². The van der Waals surface area contributed by atoms with Crippen molar-refractivity contribution in [1.82, 2.24) is 9.97 Å². The minimum absolute atomic E-state index is 0.0195. The zero-order valence-electron chi connectivity index (χ0n) is 15.0. The number of benzene rings is 1. The number of ether oxygens (including phenoxy) is 1. The first-order valence-electron chi connectivity index (χ1n) is 8.74. The number of hydrogen-bond donors (Lipinski definition) is 5. The highest BCUT2D eigenvalue weighted by Crippen LogP contribution is 2.31. The first-order valence-corrected chi connectivity index (χ1v) is 8.74. The van der Waals surface area contributed by atoms with Crippen molar-refractivity contribution >= 4 is 23.4 Å². The van der Waals surface area contributed by atoms with Gasteiger partial charge in [0.1, 0.15) is 5.82 Å². The van der Waals surface area contributed by atoms with E-state index in [1.165, 1.54) is 7.11 Å². The van der Waals surface area contributed by atoms with Crippen LogP contribution in [0.1, 0.15) is 37.5 Å². The molecule has 1 aromatic carbocycles. The van der Waals surface area contributed by atoms with Crippen molar-refractivity contribution < 1.29 is 19.4 Å². The normalized spacial score (nSPS) is 20.3. The highest BCUT2D eigenvalue weighted by molar-refractivity contribution is 5.97. The number of amides is 2. The Bertz CT molecular complexity index is 835. The van der Waals surface area contributed by atoms with Gasteiger partial charge in [0.05, 0.1) is 37.1 Å². The molecule has 3 rings (SSSR count). The predicted octanol–water partition coefficient (Wildman–Crippen LogP) is 2.13. The fourth-order valence-corrected chi connectivity index (χ4v) is 3.01. The van der Waals surface area contributed by atoms with E-state index in [2.05, 4.69) is 25.3 Å². The van der Waals surface area contributed by atoms with Gasteiger partial charge in [0.15, 0.2) is 0 Å². The van der Waals surface area contributed by atoms with Crippen LogP contribution in [0.25, 0.3) is 11.3 Å². The molecule has 2 aromatic rings. The number of fused-ring (bicyclic) bond motifs is 4. The van der Waals surface area contributed by atoms with Gasteiger partial charge in [-0.05, 0) is 37.5 Å². The lowest BCUT2D eigenvalue weighted by molar-refractivity contribution is -0.118. The lowest BCUT2D eigenvalue weighted by Crippen LogP contribution is -2.21. The summed E-state index contributed by atoms with van der Waals surface area (Å²) >= 11 is 0. The molecular weight excluding hydrogens is 350 g/mol. The third-order valence-corrected chi connectivity index (χ3v) is 4.42. The van der Waals surface area contributed by atoms with Crippen molar-refractivity contribution in [1.29, 1.82) is 0 Å². The number of aromatic nitrogens is 2. The topological polar surface area (TPSA) is 142 Å². The van der Waals surface area contributed by atoms with Gasteiger partial charge in [-0.1, -0.05) is 0 Å². The van der Waals surface area contributed by atoms with Gasteiger partial charge in [-0.25, -0.2) is 9.78 Å². The molecule has 0 spiro atoms. The monoisotopic (exact) mass is 373 g/mol. The Hall–Kier alpha value is -2.91. The number of imidazole rings is 1. The Balaban J connectivity index is 1.99. The lowest BCUT2D eigenvalue weighted by Gasteiger charge is -2.14. The van der Waals surface area contributed by atoms with E-state index in [0.29, 0.717) is 47.7 Å². The van der Waals surface area contributed by atoms with Crippen molar-refractivity contribution in [3.05, 3.63) is 30.2 Å². The second-order valence-electron chi connectivity index (χ2n) is 6.49. The molecule has 0 fully saturated rings. The van der Waals surface area contributed by atoms with Crippen molar-refractivity contribution in [3.63, 3.8) is 0 Å². The number of rotatable bonds is 1. The van der Waals surface area contributed by atoms with Crippen LogP contribution in [-0.4, -0.2) is 40.3 Å². The Kier molecular flexibility index (Phi) is 5.72. The molecule has 1 aromatic heterocycles. The summed E-state index contributed by atoms with van der Waals surface area (Å²) in [7, 11) is 1.27.